The van der Waals surface area contributed by atoms with Crippen LogP contribution >= 0.6 is 11.6 Å². The number of carbonyl (C=O) groups excluding carboxylic acids is 1. The van der Waals surface area contributed by atoms with Gasteiger partial charge in [0.15, 0.2) is 6.10 Å². The van der Waals surface area contributed by atoms with Crippen molar-refractivity contribution in [2.24, 2.45) is 0 Å². The first-order valence-electron chi connectivity index (χ1n) is 7.26. The molecule has 1 aromatic carbocycles. The second-order valence-electron chi connectivity index (χ2n) is 5.23. The summed E-state index contributed by atoms with van der Waals surface area (Å²) in [5.74, 6) is -0.434. The van der Waals surface area contributed by atoms with Gasteiger partial charge in [-0.2, -0.15) is 0 Å². The lowest BCUT2D eigenvalue weighted by Gasteiger charge is -2.11. The highest BCUT2D eigenvalue weighted by molar-refractivity contribution is 6.31. The molecule has 1 amide bonds. The molecule has 0 aliphatic heterocycles. The summed E-state index contributed by atoms with van der Waals surface area (Å²) in [6, 6.07) is 9.00. The minimum Gasteiger partial charge on any atom is -0.378 e. The highest BCUT2D eigenvalue weighted by atomic mass is 35.5. The van der Waals surface area contributed by atoms with E-state index < -0.39 is 12.0 Å². The van der Waals surface area contributed by atoms with Gasteiger partial charge in [-0.05, 0) is 36.2 Å². The van der Waals surface area contributed by atoms with Crippen molar-refractivity contribution in [1.82, 2.24) is 15.3 Å². The number of fused-ring (bicyclic) bond motifs is 1. The lowest BCUT2D eigenvalue weighted by Crippen LogP contribution is -2.31. The number of hydrogen-bond donors (Lipinski definition) is 3. The van der Waals surface area contributed by atoms with Crippen LogP contribution in [0.3, 0.4) is 0 Å². The summed E-state index contributed by atoms with van der Waals surface area (Å²) < 4.78 is 0. The number of nitrogens with zero attached hydrogens (tertiary/aromatic N) is 1. The van der Waals surface area contributed by atoms with Crippen molar-refractivity contribution in [1.29, 1.82) is 0 Å². The van der Waals surface area contributed by atoms with E-state index in [0.717, 1.165) is 16.5 Å². The predicted octanol–water partition coefficient (Wildman–Crippen LogP) is 2.61. The van der Waals surface area contributed by atoms with Crippen LogP contribution in [0.4, 0.5) is 0 Å². The Morgan fingerprint density at radius 2 is 2.26 bits per heavy atom. The van der Waals surface area contributed by atoms with E-state index in [0.29, 0.717) is 23.6 Å². The third-order valence-electron chi connectivity index (χ3n) is 3.67. The zero-order valence-corrected chi connectivity index (χ0v) is 13.0. The minimum atomic E-state index is -1.21. The van der Waals surface area contributed by atoms with Gasteiger partial charge >= 0.3 is 0 Å². The monoisotopic (exact) mass is 329 g/mol. The first-order chi connectivity index (χ1) is 11.1. The van der Waals surface area contributed by atoms with Crippen LogP contribution in [0.1, 0.15) is 17.2 Å². The Balaban J connectivity index is 1.60. The number of benzene rings is 1. The molecule has 0 aliphatic rings. The maximum absolute atomic E-state index is 12.0. The molecular weight excluding hydrogens is 314 g/mol. The third-order valence-corrected chi connectivity index (χ3v) is 3.91. The highest BCUT2D eigenvalue weighted by Crippen LogP contribution is 2.22. The van der Waals surface area contributed by atoms with E-state index in [2.05, 4.69) is 15.3 Å². The number of nitrogens with one attached hydrogen (secondary N) is 2. The molecule has 0 saturated heterocycles. The first kappa shape index (κ1) is 15.5. The van der Waals surface area contributed by atoms with Gasteiger partial charge in [-0.15, -0.1) is 0 Å². The van der Waals surface area contributed by atoms with E-state index in [-0.39, 0.29) is 0 Å². The molecular formula is C17H16ClN3O2. The van der Waals surface area contributed by atoms with Gasteiger partial charge in [-0.25, -0.2) is 0 Å². The van der Waals surface area contributed by atoms with Gasteiger partial charge in [-0.3, -0.25) is 9.78 Å². The normalized spacial score (nSPS) is 12.3. The molecule has 1 unspecified atom stereocenters. The molecule has 23 heavy (non-hydrogen) atoms. The van der Waals surface area contributed by atoms with E-state index >= 15 is 0 Å². The van der Waals surface area contributed by atoms with E-state index in [1.165, 1.54) is 6.20 Å². The largest absolute Gasteiger partial charge is 0.378 e. The number of pyridine rings is 1. The Kier molecular flexibility index (Phi) is 4.60. The summed E-state index contributed by atoms with van der Waals surface area (Å²) in [4.78, 5) is 19.0. The molecule has 0 aliphatic carbocycles. The predicted molar refractivity (Wildman–Crippen MR) is 89.2 cm³/mol. The smallest absolute Gasteiger partial charge is 0.253 e. The number of rotatable bonds is 5. The van der Waals surface area contributed by atoms with Crippen molar-refractivity contribution in [2.75, 3.05) is 6.54 Å². The number of halogens is 1. The summed E-state index contributed by atoms with van der Waals surface area (Å²) in [5, 5.41) is 14.4. The molecule has 0 fully saturated rings. The van der Waals surface area contributed by atoms with Crippen LogP contribution in [0.25, 0.3) is 10.9 Å². The first-order valence-corrected chi connectivity index (χ1v) is 7.64. The molecule has 1 atom stereocenters. The molecule has 2 heterocycles. The molecule has 2 aromatic heterocycles. The average molecular weight is 330 g/mol. The van der Waals surface area contributed by atoms with Crippen LogP contribution in [-0.4, -0.2) is 27.5 Å². The van der Waals surface area contributed by atoms with E-state index in [1.807, 2.05) is 24.4 Å². The molecule has 3 aromatic rings. The van der Waals surface area contributed by atoms with Crippen molar-refractivity contribution >= 4 is 28.4 Å². The fourth-order valence-corrected chi connectivity index (χ4v) is 2.64. The number of aliphatic hydroxyl groups excluding tert-OH is 1. The quantitative estimate of drug-likeness (QED) is 0.673. The summed E-state index contributed by atoms with van der Waals surface area (Å²) in [6.45, 7) is 0.426. The summed E-state index contributed by atoms with van der Waals surface area (Å²) in [6.07, 6.45) is 4.42. The summed E-state index contributed by atoms with van der Waals surface area (Å²) in [5.41, 5.74) is 2.55. The van der Waals surface area contributed by atoms with Crippen LogP contribution in [0.2, 0.25) is 5.02 Å². The topological polar surface area (TPSA) is 78.0 Å². The number of aromatic nitrogens is 2. The minimum absolute atomic E-state index is 0.426. The van der Waals surface area contributed by atoms with Crippen molar-refractivity contribution in [3.05, 3.63) is 65.1 Å². The average Bonchev–Trinajstić information content (AvgIpc) is 2.97. The fourth-order valence-electron chi connectivity index (χ4n) is 2.46. The molecule has 0 saturated carbocycles. The van der Waals surface area contributed by atoms with Gasteiger partial charge in [0.1, 0.15) is 0 Å². The van der Waals surface area contributed by atoms with Crippen molar-refractivity contribution in [3.63, 3.8) is 0 Å². The Morgan fingerprint density at radius 1 is 1.39 bits per heavy atom. The summed E-state index contributed by atoms with van der Waals surface area (Å²) >= 11 is 6.02. The second-order valence-corrected chi connectivity index (χ2v) is 5.67. The number of aromatic amines is 1. The second kappa shape index (κ2) is 6.81. The van der Waals surface area contributed by atoms with Gasteiger partial charge in [0.05, 0.1) is 0 Å². The number of aliphatic hydroxyl groups is 1. The third kappa shape index (κ3) is 3.52. The van der Waals surface area contributed by atoms with Crippen LogP contribution in [-0.2, 0) is 11.2 Å². The van der Waals surface area contributed by atoms with Crippen molar-refractivity contribution in [3.8, 4) is 0 Å². The summed E-state index contributed by atoms with van der Waals surface area (Å²) in [7, 11) is 0. The number of amides is 1. The van der Waals surface area contributed by atoms with Crippen molar-refractivity contribution < 1.29 is 9.90 Å². The van der Waals surface area contributed by atoms with Crippen LogP contribution < -0.4 is 5.32 Å². The fraction of sp³-hybridized carbons (Fsp3) is 0.176. The number of H-pyrrole nitrogens is 1. The van der Waals surface area contributed by atoms with Gasteiger partial charge in [0, 0.05) is 46.6 Å². The molecule has 3 rings (SSSR count). The molecule has 0 radical (unpaired) electrons. The Labute approximate surface area is 138 Å². The van der Waals surface area contributed by atoms with Crippen LogP contribution in [0, 0.1) is 0 Å². The number of carbonyl (C=O) groups is 1. The van der Waals surface area contributed by atoms with Crippen molar-refractivity contribution in [2.45, 2.75) is 12.5 Å². The number of hydrogen-bond acceptors (Lipinski definition) is 3. The maximum atomic E-state index is 12.0. The SMILES string of the molecule is O=C(NCCc1c[nH]c2ccc(Cl)cc12)C(O)c1cccnc1. The Bertz CT molecular complexity index is 817. The maximum Gasteiger partial charge on any atom is 0.253 e. The molecule has 6 heteroatoms. The zero-order chi connectivity index (χ0) is 16.2. The van der Waals surface area contributed by atoms with E-state index in [1.54, 1.807) is 18.3 Å². The van der Waals surface area contributed by atoms with Crippen LogP contribution in [0.15, 0.2) is 48.9 Å². The van der Waals surface area contributed by atoms with Gasteiger partial charge in [0.25, 0.3) is 5.91 Å². The lowest BCUT2D eigenvalue weighted by atomic mass is 10.1. The highest BCUT2D eigenvalue weighted by Gasteiger charge is 2.16. The van der Waals surface area contributed by atoms with Gasteiger partial charge in [-0.1, -0.05) is 17.7 Å². The van der Waals surface area contributed by atoms with E-state index in [4.69, 9.17) is 11.6 Å². The molecule has 0 bridgehead atoms. The Morgan fingerprint density at radius 3 is 3.04 bits per heavy atom. The molecule has 3 N–H and O–H groups in total. The Hall–Kier alpha value is -2.37. The van der Waals surface area contributed by atoms with Crippen LogP contribution in [0.5, 0.6) is 0 Å². The molecule has 118 valence electrons. The standard InChI is InChI=1S/C17H16ClN3O2/c18-13-3-4-15-14(8-13)11(10-21-15)5-7-20-17(23)16(22)12-2-1-6-19-9-12/h1-4,6,8-10,16,21-22H,5,7H2,(H,20,23). The van der Waals surface area contributed by atoms with Gasteiger partial charge in [0.2, 0.25) is 0 Å². The van der Waals surface area contributed by atoms with Gasteiger partial charge < -0.3 is 15.4 Å². The van der Waals surface area contributed by atoms with E-state index in [9.17, 15) is 9.90 Å². The molecule has 5 nitrogen and oxygen atoms in total. The molecule has 0 spiro atoms. The lowest BCUT2D eigenvalue weighted by molar-refractivity contribution is -0.129. The zero-order valence-electron chi connectivity index (χ0n) is 12.3.